The number of hydrogen-bond donors (Lipinski definition) is 2. The summed E-state index contributed by atoms with van der Waals surface area (Å²) in [6, 6.07) is 6.31. The fourth-order valence-electron chi connectivity index (χ4n) is 1.15. The third-order valence-corrected chi connectivity index (χ3v) is 2.84. The molecule has 0 saturated carbocycles. The van der Waals surface area contributed by atoms with E-state index in [0.29, 0.717) is 12.1 Å². The monoisotopic (exact) mass is 237 g/mol. The van der Waals surface area contributed by atoms with Gasteiger partial charge in [0.05, 0.1) is 0 Å². The van der Waals surface area contributed by atoms with Crippen LogP contribution in [-0.2, 0) is 0 Å². The topological polar surface area (TPSA) is 49.3 Å². The molecule has 3 nitrogen and oxygen atoms in total. The minimum absolute atomic E-state index is 0.105. The minimum atomic E-state index is -0.157. The Morgan fingerprint density at radius 2 is 2.38 bits per heavy atom. The largest absolute Gasteiger partial charge is 0.508 e. The molecule has 16 heavy (non-hydrogen) atoms. The molecule has 0 atom stereocenters. The summed E-state index contributed by atoms with van der Waals surface area (Å²) in [6.07, 6.45) is 1.84. The molecule has 2 N–H and O–H groups in total. The number of carbonyl (C=O) groups excluding carboxylic acids is 1. The number of carbonyl (C=O) groups is 1. The van der Waals surface area contributed by atoms with Crippen LogP contribution in [0.1, 0.15) is 10.4 Å². The molecule has 0 aliphatic heterocycles. The van der Waals surface area contributed by atoms with E-state index in [1.807, 2.05) is 6.08 Å². The number of aromatic hydroxyl groups is 1. The average molecular weight is 237 g/mol. The van der Waals surface area contributed by atoms with Crippen LogP contribution in [0.4, 0.5) is 0 Å². The van der Waals surface area contributed by atoms with Crippen molar-refractivity contribution in [3.63, 3.8) is 0 Å². The minimum Gasteiger partial charge on any atom is -0.508 e. The van der Waals surface area contributed by atoms with Gasteiger partial charge in [0.2, 0.25) is 0 Å². The Morgan fingerprint density at radius 1 is 1.56 bits per heavy atom. The van der Waals surface area contributed by atoms with Gasteiger partial charge in [0.25, 0.3) is 5.91 Å². The molecule has 0 unspecified atom stereocenters. The van der Waals surface area contributed by atoms with Crippen LogP contribution in [0, 0.1) is 0 Å². The van der Waals surface area contributed by atoms with Crippen molar-refractivity contribution < 1.29 is 9.90 Å². The predicted octanol–water partition coefficient (Wildman–Crippen LogP) is 2.04. The van der Waals surface area contributed by atoms with Gasteiger partial charge < -0.3 is 10.4 Å². The highest BCUT2D eigenvalue weighted by molar-refractivity contribution is 7.99. The molecule has 0 bridgehead atoms. The summed E-state index contributed by atoms with van der Waals surface area (Å²) >= 11 is 1.71. The highest BCUT2D eigenvalue weighted by atomic mass is 32.2. The van der Waals surface area contributed by atoms with Crippen LogP contribution in [0.3, 0.4) is 0 Å². The lowest BCUT2D eigenvalue weighted by Crippen LogP contribution is -2.25. The Balaban J connectivity index is 2.32. The number of thioether (sulfide) groups is 1. The number of nitrogens with one attached hydrogen (secondary N) is 1. The molecule has 4 heteroatoms. The van der Waals surface area contributed by atoms with E-state index in [1.54, 1.807) is 23.9 Å². The van der Waals surface area contributed by atoms with Crippen molar-refractivity contribution in [1.82, 2.24) is 5.32 Å². The zero-order valence-electron chi connectivity index (χ0n) is 8.98. The summed E-state index contributed by atoms with van der Waals surface area (Å²) in [5.74, 6) is 1.70. The van der Waals surface area contributed by atoms with Gasteiger partial charge in [0.1, 0.15) is 5.75 Å². The third-order valence-electron chi connectivity index (χ3n) is 1.88. The van der Waals surface area contributed by atoms with E-state index >= 15 is 0 Å². The van der Waals surface area contributed by atoms with Gasteiger partial charge >= 0.3 is 0 Å². The Morgan fingerprint density at radius 3 is 3.06 bits per heavy atom. The molecule has 0 aliphatic carbocycles. The molecular formula is C12H15NO2S. The van der Waals surface area contributed by atoms with Gasteiger partial charge in [-0.15, -0.1) is 6.58 Å². The standard InChI is InChI=1S/C12H15NO2S/c1-2-7-16-8-6-13-12(15)10-4-3-5-11(14)9-10/h2-5,9,14H,1,6-8H2,(H,13,15). The average Bonchev–Trinajstić information content (AvgIpc) is 2.28. The van der Waals surface area contributed by atoms with Crippen LogP contribution in [0.5, 0.6) is 5.75 Å². The second-order valence-corrected chi connectivity index (χ2v) is 4.32. The third kappa shape index (κ3) is 4.40. The Labute approximate surface area is 99.6 Å². The maximum Gasteiger partial charge on any atom is 0.251 e. The molecular weight excluding hydrogens is 222 g/mol. The van der Waals surface area contributed by atoms with Gasteiger partial charge in [-0.2, -0.15) is 11.8 Å². The van der Waals surface area contributed by atoms with E-state index in [-0.39, 0.29) is 11.7 Å². The first-order chi connectivity index (χ1) is 7.74. The summed E-state index contributed by atoms with van der Waals surface area (Å²) in [5, 5.41) is 12.0. The van der Waals surface area contributed by atoms with Crippen molar-refractivity contribution >= 4 is 17.7 Å². The van der Waals surface area contributed by atoms with E-state index < -0.39 is 0 Å². The summed E-state index contributed by atoms with van der Waals surface area (Å²) in [5.41, 5.74) is 0.480. The second-order valence-electron chi connectivity index (χ2n) is 3.17. The highest BCUT2D eigenvalue weighted by Crippen LogP contribution is 2.10. The number of phenolic OH excluding ortho intramolecular Hbond substituents is 1. The van der Waals surface area contributed by atoms with Crippen molar-refractivity contribution in [2.45, 2.75) is 0 Å². The first kappa shape index (κ1) is 12.6. The molecule has 0 aliphatic rings. The van der Waals surface area contributed by atoms with E-state index in [4.69, 9.17) is 0 Å². The maximum absolute atomic E-state index is 11.6. The molecule has 0 heterocycles. The number of phenols is 1. The van der Waals surface area contributed by atoms with Crippen molar-refractivity contribution in [3.05, 3.63) is 42.5 Å². The van der Waals surface area contributed by atoms with Gasteiger partial charge in [-0.3, -0.25) is 4.79 Å². The van der Waals surface area contributed by atoms with Crippen LogP contribution in [0.2, 0.25) is 0 Å². The molecule has 86 valence electrons. The van der Waals surface area contributed by atoms with E-state index in [0.717, 1.165) is 11.5 Å². The highest BCUT2D eigenvalue weighted by Gasteiger charge is 2.04. The van der Waals surface area contributed by atoms with Crippen LogP contribution >= 0.6 is 11.8 Å². The van der Waals surface area contributed by atoms with Crippen molar-refractivity contribution in [1.29, 1.82) is 0 Å². The number of rotatable bonds is 6. The lowest BCUT2D eigenvalue weighted by Gasteiger charge is -2.04. The van der Waals surface area contributed by atoms with Gasteiger partial charge in [-0.1, -0.05) is 12.1 Å². The summed E-state index contributed by atoms with van der Waals surface area (Å²) in [4.78, 5) is 11.6. The van der Waals surface area contributed by atoms with Crippen molar-refractivity contribution in [2.75, 3.05) is 18.1 Å². The molecule has 0 fully saturated rings. The van der Waals surface area contributed by atoms with Gasteiger partial charge in [0.15, 0.2) is 0 Å². The smallest absolute Gasteiger partial charge is 0.251 e. The first-order valence-corrected chi connectivity index (χ1v) is 6.15. The molecule has 0 saturated heterocycles. The predicted molar refractivity (Wildman–Crippen MR) is 68.0 cm³/mol. The zero-order chi connectivity index (χ0) is 11.8. The fourth-order valence-corrected chi connectivity index (χ4v) is 1.73. The zero-order valence-corrected chi connectivity index (χ0v) is 9.80. The van der Waals surface area contributed by atoms with Crippen molar-refractivity contribution in [3.8, 4) is 5.75 Å². The molecule has 0 spiro atoms. The molecule has 0 aromatic heterocycles. The number of amides is 1. The molecule has 1 amide bonds. The van der Waals surface area contributed by atoms with Gasteiger partial charge in [-0.25, -0.2) is 0 Å². The van der Waals surface area contributed by atoms with Crippen LogP contribution in [-0.4, -0.2) is 29.1 Å². The summed E-state index contributed by atoms with van der Waals surface area (Å²) in [7, 11) is 0. The summed E-state index contributed by atoms with van der Waals surface area (Å²) < 4.78 is 0. The summed E-state index contributed by atoms with van der Waals surface area (Å²) in [6.45, 7) is 4.23. The Hall–Kier alpha value is -1.42. The lowest BCUT2D eigenvalue weighted by atomic mass is 10.2. The quantitative estimate of drug-likeness (QED) is 0.588. The lowest BCUT2D eigenvalue weighted by molar-refractivity contribution is 0.0956. The number of hydrogen-bond acceptors (Lipinski definition) is 3. The Kier molecular flexibility index (Phi) is 5.50. The van der Waals surface area contributed by atoms with Crippen LogP contribution < -0.4 is 5.32 Å². The molecule has 1 aromatic carbocycles. The first-order valence-electron chi connectivity index (χ1n) is 5.00. The van der Waals surface area contributed by atoms with E-state index in [1.165, 1.54) is 12.1 Å². The van der Waals surface area contributed by atoms with Crippen molar-refractivity contribution in [2.24, 2.45) is 0 Å². The Bertz CT molecular complexity index is 366. The molecule has 1 aromatic rings. The molecule has 1 rings (SSSR count). The van der Waals surface area contributed by atoms with Gasteiger partial charge in [-0.05, 0) is 18.2 Å². The van der Waals surface area contributed by atoms with Crippen LogP contribution in [0.15, 0.2) is 36.9 Å². The van der Waals surface area contributed by atoms with Gasteiger partial charge in [0, 0.05) is 23.6 Å². The second kappa shape index (κ2) is 6.95. The SMILES string of the molecule is C=CCSCCNC(=O)c1cccc(O)c1. The van der Waals surface area contributed by atoms with E-state index in [9.17, 15) is 9.90 Å². The molecule has 0 radical (unpaired) electrons. The fraction of sp³-hybridized carbons (Fsp3) is 0.250. The number of benzene rings is 1. The maximum atomic E-state index is 11.6. The van der Waals surface area contributed by atoms with E-state index in [2.05, 4.69) is 11.9 Å². The normalized spacial score (nSPS) is 9.75. The van der Waals surface area contributed by atoms with Crippen LogP contribution in [0.25, 0.3) is 0 Å².